The van der Waals surface area contributed by atoms with Crippen LogP contribution in [0.1, 0.15) is 12.5 Å². The summed E-state index contributed by atoms with van der Waals surface area (Å²) in [6.07, 6.45) is 7.67. The Morgan fingerprint density at radius 1 is 1.16 bits per heavy atom. The minimum atomic E-state index is -1.28. The van der Waals surface area contributed by atoms with E-state index < -0.39 is 17.6 Å². The summed E-state index contributed by atoms with van der Waals surface area (Å²) in [7, 11) is 0. The molecule has 162 valence electrons. The number of ether oxygens (including phenoxy) is 1. The van der Waals surface area contributed by atoms with Crippen LogP contribution in [-0.4, -0.2) is 27.2 Å². The number of nitrogens with one attached hydrogen (secondary N) is 2. The number of carbonyl (C=O) groups is 2. The van der Waals surface area contributed by atoms with Gasteiger partial charge in [0.1, 0.15) is 11.5 Å². The molecule has 31 heavy (non-hydrogen) atoms. The third kappa shape index (κ3) is 6.36. The molecule has 2 rings (SSSR count). The summed E-state index contributed by atoms with van der Waals surface area (Å²) >= 11 is 6.15. The summed E-state index contributed by atoms with van der Waals surface area (Å²) < 4.78 is 5.68. The molecule has 0 atom stereocenters. The van der Waals surface area contributed by atoms with Crippen LogP contribution in [0, 0.1) is 0 Å². The third-order valence-corrected chi connectivity index (χ3v) is 4.30. The number of phenolic OH excluding ortho intramolecular Hbond substituents is 2. The second-order valence-corrected chi connectivity index (χ2v) is 6.65. The van der Waals surface area contributed by atoms with E-state index >= 15 is 0 Å². The first-order valence-electron chi connectivity index (χ1n) is 9.01. The molecule has 0 fully saturated rings. The highest BCUT2D eigenvalue weighted by molar-refractivity contribution is 6.39. The molecule has 0 aliphatic carbocycles. The van der Waals surface area contributed by atoms with Crippen LogP contribution >= 0.6 is 11.6 Å². The van der Waals surface area contributed by atoms with Crippen molar-refractivity contribution in [1.29, 1.82) is 0 Å². The summed E-state index contributed by atoms with van der Waals surface area (Å²) in [5.74, 6) is -2.56. The molecule has 0 saturated heterocycles. The minimum Gasteiger partial charge on any atom is -0.508 e. The van der Waals surface area contributed by atoms with Gasteiger partial charge in [-0.3, -0.25) is 14.8 Å². The van der Waals surface area contributed by atoms with Crippen molar-refractivity contribution in [2.45, 2.75) is 13.3 Å². The van der Waals surface area contributed by atoms with Crippen molar-refractivity contribution in [3.05, 3.63) is 77.4 Å². The Morgan fingerprint density at radius 3 is 2.52 bits per heavy atom. The number of hydrogen-bond donors (Lipinski definition) is 5. The summed E-state index contributed by atoms with van der Waals surface area (Å²) in [5.41, 5.74) is 2.65. The van der Waals surface area contributed by atoms with Crippen LogP contribution in [0.25, 0.3) is 0 Å². The van der Waals surface area contributed by atoms with Gasteiger partial charge in [-0.1, -0.05) is 42.5 Å². The second kappa shape index (κ2) is 10.9. The molecule has 5 N–H and O–H groups in total. The fraction of sp³-hybridized carbons (Fsp3) is 0.0909. The molecule has 0 heterocycles. The summed E-state index contributed by atoms with van der Waals surface area (Å²) in [6.45, 7) is 5.65. The number of halogens is 1. The van der Waals surface area contributed by atoms with Gasteiger partial charge in [0.2, 0.25) is 0 Å². The molecule has 0 unspecified atom stereocenters. The zero-order valence-electron chi connectivity index (χ0n) is 16.6. The summed E-state index contributed by atoms with van der Waals surface area (Å²) in [6, 6.07) is 6.93. The highest BCUT2D eigenvalue weighted by Gasteiger charge is 2.17. The van der Waals surface area contributed by atoms with Gasteiger partial charge in [-0.25, -0.2) is 5.48 Å². The zero-order chi connectivity index (χ0) is 23.0. The first-order valence-corrected chi connectivity index (χ1v) is 9.38. The average molecular weight is 445 g/mol. The lowest BCUT2D eigenvalue weighted by atomic mass is 10.0. The summed E-state index contributed by atoms with van der Waals surface area (Å²) in [4.78, 5) is 22.6. The topological polar surface area (TPSA) is 128 Å². The SMILES string of the molecule is C=C/C(=C\C=C/C)Cc1cc(Oc2c(O)cc(NC(=O)C(=O)NO)cc2Cl)ccc1O. The third-order valence-electron chi connectivity index (χ3n) is 4.02. The van der Waals surface area contributed by atoms with E-state index in [0.29, 0.717) is 17.7 Å². The molecular weight excluding hydrogens is 424 g/mol. The van der Waals surface area contributed by atoms with Crippen molar-refractivity contribution in [2.24, 2.45) is 0 Å². The van der Waals surface area contributed by atoms with Gasteiger partial charge in [-0.05, 0) is 36.8 Å². The van der Waals surface area contributed by atoms with Gasteiger partial charge in [0.15, 0.2) is 11.5 Å². The van der Waals surface area contributed by atoms with Crippen molar-refractivity contribution in [2.75, 3.05) is 5.32 Å². The van der Waals surface area contributed by atoms with Gasteiger partial charge in [0.05, 0.1) is 5.02 Å². The molecule has 0 aliphatic heterocycles. The standard InChI is InChI=1S/C22H21ClN2O6/c1-3-5-6-13(4-2)9-14-10-16(7-8-18(14)26)31-20-17(23)11-15(12-19(20)27)24-21(28)22(29)25-30/h3-8,10-12,26-27,30H,2,9H2,1H3,(H,24,28)(H,25,29)/b5-3-,13-6+. The van der Waals surface area contributed by atoms with Crippen molar-refractivity contribution < 1.29 is 29.7 Å². The Labute approximate surface area is 183 Å². The first-order chi connectivity index (χ1) is 14.8. The lowest BCUT2D eigenvalue weighted by molar-refractivity contribution is -0.141. The molecule has 0 radical (unpaired) electrons. The number of anilines is 1. The van der Waals surface area contributed by atoms with Crippen molar-refractivity contribution >= 4 is 29.1 Å². The van der Waals surface area contributed by atoms with Gasteiger partial charge >= 0.3 is 11.8 Å². The molecule has 0 bridgehead atoms. The van der Waals surface area contributed by atoms with E-state index in [-0.39, 0.29) is 22.2 Å². The van der Waals surface area contributed by atoms with Crippen LogP contribution in [0.15, 0.2) is 66.8 Å². The maximum Gasteiger partial charge on any atom is 0.332 e. The number of hydroxylamine groups is 1. The van der Waals surface area contributed by atoms with Gasteiger partial charge in [-0.2, -0.15) is 0 Å². The van der Waals surface area contributed by atoms with Gasteiger partial charge < -0.3 is 20.3 Å². The average Bonchev–Trinajstić information content (AvgIpc) is 2.74. The van der Waals surface area contributed by atoms with Crippen LogP contribution < -0.4 is 15.5 Å². The van der Waals surface area contributed by atoms with Crippen molar-refractivity contribution in [3.8, 4) is 23.0 Å². The minimum absolute atomic E-state index is 0.0135. The molecule has 0 spiro atoms. The van der Waals surface area contributed by atoms with Crippen LogP contribution in [0.4, 0.5) is 5.69 Å². The quantitative estimate of drug-likeness (QED) is 0.188. The number of hydrogen-bond acceptors (Lipinski definition) is 6. The molecule has 0 aliphatic rings. The Balaban J connectivity index is 2.27. The summed E-state index contributed by atoms with van der Waals surface area (Å²) in [5, 5.41) is 31.0. The van der Waals surface area contributed by atoms with E-state index in [0.717, 1.165) is 11.6 Å². The number of rotatable bonds is 7. The highest BCUT2D eigenvalue weighted by Crippen LogP contribution is 2.41. The highest BCUT2D eigenvalue weighted by atomic mass is 35.5. The lowest BCUT2D eigenvalue weighted by Gasteiger charge is -2.13. The number of allylic oxidation sites excluding steroid dienone is 5. The number of aromatic hydroxyl groups is 2. The fourth-order valence-electron chi connectivity index (χ4n) is 2.51. The Bertz CT molecular complexity index is 1040. The van der Waals surface area contributed by atoms with Crippen LogP contribution in [0.2, 0.25) is 5.02 Å². The predicted octanol–water partition coefficient (Wildman–Crippen LogP) is 4.22. The molecule has 2 aromatic rings. The van der Waals surface area contributed by atoms with E-state index in [4.69, 9.17) is 21.5 Å². The van der Waals surface area contributed by atoms with E-state index in [2.05, 4.69) is 11.9 Å². The van der Waals surface area contributed by atoms with Crippen molar-refractivity contribution in [3.63, 3.8) is 0 Å². The van der Waals surface area contributed by atoms with Gasteiger partial charge in [-0.15, -0.1) is 0 Å². The van der Waals surface area contributed by atoms with Crippen LogP contribution in [0.3, 0.4) is 0 Å². The second-order valence-electron chi connectivity index (χ2n) is 6.24. The molecule has 2 amide bonds. The number of phenols is 2. The number of amides is 2. The zero-order valence-corrected chi connectivity index (χ0v) is 17.3. The number of benzene rings is 2. The van der Waals surface area contributed by atoms with Crippen molar-refractivity contribution in [1.82, 2.24) is 5.48 Å². The molecular formula is C22H21ClN2O6. The molecule has 8 nitrogen and oxygen atoms in total. The van der Waals surface area contributed by atoms with E-state index in [1.54, 1.807) is 12.1 Å². The van der Waals surface area contributed by atoms with Crippen LogP contribution in [-0.2, 0) is 16.0 Å². The fourth-order valence-corrected chi connectivity index (χ4v) is 2.77. The predicted molar refractivity (Wildman–Crippen MR) is 117 cm³/mol. The van der Waals surface area contributed by atoms with E-state index in [1.807, 2.05) is 25.2 Å². The largest absolute Gasteiger partial charge is 0.508 e. The monoisotopic (exact) mass is 444 g/mol. The van der Waals surface area contributed by atoms with Crippen LogP contribution in [0.5, 0.6) is 23.0 Å². The Hall–Kier alpha value is -3.75. The van der Waals surface area contributed by atoms with E-state index in [1.165, 1.54) is 23.7 Å². The lowest BCUT2D eigenvalue weighted by Crippen LogP contribution is -2.33. The smallest absolute Gasteiger partial charge is 0.332 e. The molecule has 9 heteroatoms. The first kappa shape index (κ1) is 23.5. The maximum absolute atomic E-state index is 11.5. The van der Waals surface area contributed by atoms with E-state index in [9.17, 15) is 19.8 Å². The molecule has 2 aromatic carbocycles. The number of carbonyl (C=O) groups excluding carboxylic acids is 2. The molecule has 0 saturated carbocycles. The van der Waals surface area contributed by atoms with Gasteiger partial charge in [0, 0.05) is 23.7 Å². The van der Waals surface area contributed by atoms with Gasteiger partial charge in [0.25, 0.3) is 0 Å². The Kier molecular flexibility index (Phi) is 8.25. The maximum atomic E-state index is 11.5. The Morgan fingerprint density at radius 2 is 1.90 bits per heavy atom. The normalized spacial score (nSPS) is 11.3. The molecule has 0 aromatic heterocycles.